The molecule has 0 unspecified atom stereocenters. The van der Waals surface area contributed by atoms with E-state index in [1.807, 2.05) is 64.8 Å². The van der Waals surface area contributed by atoms with Gasteiger partial charge in [-0.2, -0.15) is 10.2 Å². The minimum Gasteiger partial charge on any atom is -0.508 e. The molecule has 1 aliphatic heterocycles. The second-order valence-electron chi connectivity index (χ2n) is 7.37. The molecule has 1 N–H and O–H groups in total. The molecule has 0 saturated heterocycles. The van der Waals surface area contributed by atoms with E-state index in [-0.39, 0.29) is 17.7 Å². The lowest BCUT2D eigenvalue weighted by molar-refractivity contribution is -0.130. The molecule has 0 fully saturated rings. The summed E-state index contributed by atoms with van der Waals surface area (Å²) < 4.78 is 1.86. The molecule has 0 radical (unpaired) electrons. The molecule has 4 aromatic rings. The molecule has 0 saturated carbocycles. The van der Waals surface area contributed by atoms with Crippen molar-refractivity contribution < 1.29 is 9.90 Å². The fourth-order valence-corrected chi connectivity index (χ4v) is 4.58. The minimum absolute atomic E-state index is 0.134. The van der Waals surface area contributed by atoms with E-state index in [0.717, 1.165) is 33.1 Å². The summed E-state index contributed by atoms with van der Waals surface area (Å²) in [5.41, 5.74) is 4.32. The van der Waals surface area contributed by atoms with Crippen LogP contribution in [0.15, 0.2) is 83.4 Å². The van der Waals surface area contributed by atoms with E-state index in [1.165, 1.54) is 11.9 Å². The van der Waals surface area contributed by atoms with Crippen molar-refractivity contribution in [1.29, 1.82) is 0 Å². The number of aromatic hydroxyl groups is 1. The number of benzene rings is 2. The number of phenolic OH excluding ortho intramolecular Hbond substituents is 1. The average Bonchev–Trinajstić information content (AvgIpc) is 3.52. The predicted molar refractivity (Wildman–Crippen MR) is 121 cm³/mol. The molecule has 7 heteroatoms. The molecule has 1 atom stereocenters. The molecule has 0 aliphatic carbocycles. The third-order valence-electron chi connectivity index (χ3n) is 5.29. The van der Waals surface area contributed by atoms with Crippen LogP contribution >= 0.6 is 11.3 Å². The number of amides is 1. The van der Waals surface area contributed by atoms with Gasteiger partial charge in [-0.05, 0) is 35.7 Å². The largest absolute Gasteiger partial charge is 0.508 e. The number of hydrogen-bond donors (Lipinski definition) is 1. The predicted octanol–water partition coefficient (Wildman–Crippen LogP) is 5.00. The second kappa shape index (κ2) is 7.85. The van der Waals surface area contributed by atoms with Gasteiger partial charge in [0.15, 0.2) is 0 Å². The quantitative estimate of drug-likeness (QED) is 0.497. The number of thiophene rings is 1. The number of carbonyl (C=O) groups excluding carboxylic acids is 1. The van der Waals surface area contributed by atoms with Gasteiger partial charge in [0.25, 0.3) is 0 Å². The zero-order valence-corrected chi connectivity index (χ0v) is 17.7. The van der Waals surface area contributed by atoms with Crippen molar-refractivity contribution in [3.8, 4) is 22.0 Å². The molecule has 31 heavy (non-hydrogen) atoms. The highest BCUT2D eigenvalue weighted by Gasteiger charge is 2.35. The van der Waals surface area contributed by atoms with Gasteiger partial charge in [0.2, 0.25) is 5.91 Å². The molecule has 2 aromatic carbocycles. The van der Waals surface area contributed by atoms with Crippen LogP contribution < -0.4 is 0 Å². The molecule has 1 amide bonds. The first-order chi connectivity index (χ1) is 15.1. The Bertz CT molecular complexity index is 1260. The van der Waals surface area contributed by atoms with Gasteiger partial charge < -0.3 is 5.11 Å². The number of aromatic nitrogens is 2. The third kappa shape index (κ3) is 3.64. The zero-order valence-electron chi connectivity index (χ0n) is 16.8. The summed E-state index contributed by atoms with van der Waals surface area (Å²) in [5.74, 6) is 0.0407. The van der Waals surface area contributed by atoms with Crippen LogP contribution in [0.25, 0.3) is 16.3 Å². The molecule has 5 rings (SSSR count). The van der Waals surface area contributed by atoms with E-state index in [9.17, 15) is 9.90 Å². The summed E-state index contributed by atoms with van der Waals surface area (Å²) in [4.78, 5) is 13.5. The van der Waals surface area contributed by atoms with E-state index < -0.39 is 0 Å². The Hall–Kier alpha value is -3.71. The van der Waals surface area contributed by atoms with E-state index >= 15 is 0 Å². The van der Waals surface area contributed by atoms with Crippen LogP contribution in [0.5, 0.6) is 5.75 Å². The first-order valence-electron chi connectivity index (χ1n) is 9.95. The normalized spacial score (nSPS) is 15.8. The Labute approximate surface area is 183 Å². The van der Waals surface area contributed by atoms with E-state index in [0.29, 0.717) is 6.42 Å². The van der Waals surface area contributed by atoms with Crippen LogP contribution in [0.4, 0.5) is 0 Å². The van der Waals surface area contributed by atoms with Crippen molar-refractivity contribution in [1.82, 2.24) is 14.8 Å². The smallest absolute Gasteiger partial charge is 0.240 e. The lowest BCUT2D eigenvalue weighted by Crippen LogP contribution is -2.24. The van der Waals surface area contributed by atoms with Gasteiger partial charge in [-0.15, -0.1) is 11.3 Å². The van der Waals surface area contributed by atoms with Crippen LogP contribution in [0.2, 0.25) is 0 Å². The van der Waals surface area contributed by atoms with E-state index in [4.69, 9.17) is 5.10 Å². The Balaban J connectivity index is 1.60. The number of nitrogens with zero attached hydrogens (tertiary/aromatic N) is 4. The lowest BCUT2D eigenvalue weighted by Gasteiger charge is -2.19. The van der Waals surface area contributed by atoms with Gasteiger partial charge in [-0.25, -0.2) is 9.69 Å². The molecular weight excluding hydrogens is 408 g/mol. The Morgan fingerprint density at radius 1 is 1.10 bits per heavy atom. The molecule has 0 spiro atoms. The van der Waals surface area contributed by atoms with Crippen molar-refractivity contribution in [2.75, 3.05) is 0 Å². The van der Waals surface area contributed by atoms with Crippen molar-refractivity contribution >= 4 is 23.0 Å². The number of para-hydroxylation sites is 1. The van der Waals surface area contributed by atoms with Crippen LogP contribution in [0.3, 0.4) is 0 Å². The molecule has 3 heterocycles. The lowest BCUT2D eigenvalue weighted by atomic mass is 9.98. The first-order valence-corrected chi connectivity index (χ1v) is 10.8. The maximum absolute atomic E-state index is 12.5. The van der Waals surface area contributed by atoms with Gasteiger partial charge in [-0.3, -0.25) is 4.79 Å². The number of hydrazone groups is 1. The number of phenols is 1. The molecule has 0 bridgehead atoms. The highest BCUT2D eigenvalue weighted by molar-refractivity contribution is 7.13. The standard InChI is InChI=1S/C24H20N4O2S/c1-16(29)28-22(14-21(25-28)17-7-5-10-19(30)13-17)20-15-27(18-8-3-2-4-9-18)26-24(20)23-11-6-12-31-23/h2-13,15,22,30H,14H2,1H3/t22-/m0/s1. The highest BCUT2D eigenvalue weighted by Crippen LogP contribution is 2.39. The monoisotopic (exact) mass is 428 g/mol. The van der Waals surface area contributed by atoms with Gasteiger partial charge in [0.05, 0.1) is 22.3 Å². The van der Waals surface area contributed by atoms with Gasteiger partial charge in [0.1, 0.15) is 11.4 Å². The summed E-state index contributed by atoms with van der Waals surface area (Å²) in [6.07, 6.45) is 2.54. The summed E-state index contributed by atoms with van der Waals surface area (Å²) in [6.45, 7) is 1.52. The maximum Gasteiger partial charge on any atom is 0.240 e. The Morgan fingerprint density at radius 3 is 2.65 bits per heavy atom. The number of hydrogen-bond acceptors (Lipinski definition) is 5. The Morgan fingerprint density at radius 2 is 1.94 bits per heavy atom. The molecule has 154 valence electrons. The van der Waals surface area contributed by atoms with Gasteiger partial charge in [0, 0.05) is 30.7 Å². The van der Waals surface area contributed by atoms with Crippen molar-refractivity contribution in [3.05, 3.63) is 89.4 Å². The molecule has 2 aromatic heterocycles. The summed E-state index contributed by atoms with van der Waals surface area (Å²) in [5, 5.41) is 22.9. The summed E-state index contributed by atoms with van der Waals surface area (Å²) >= 11 is 1.62. The van der Waals surface area contributed by atoms with Crippen molar-refractivity contribution in [2.45, 2.75) is 19.4 Å². The first kappa shape index (κ1) is 19.3. The number of carbonyl (C=O) groups is 1. The average molecular weight is 429 g/mol. The van der Waals surface area contributed by atoms with Crippen LogP contribution in [-0.4, -0.2) is 31.5 Å². The molecular formula is C24H20N4O2S. The van der Waals surface area contributed by atoms with Crippen LogP contribution in [0.1, 0.15) is 30.5 Å². The topological polar surface area (TPSA) is 70.7 Å². The third-order valence-corrected chi connectivity index (χ3v) is 6.17. The van der Waals surface area contributed by atoms with Gasteiger partial charge >= 0.3 is 0 Å². The zero-order chi connectivity index (χ0) is 21.4. The Kier molecular flexibility index (Phi) is 4.88. The van der Waals surface area contributed by atoms with Crippen molar-refractivity contribution in [3.63, 3.8) is 0 Å². The van der Waals surface area contributed by atoms with Crippen molar-refractivity contribution in [2.24, 2.45) is 5.10 Å². The van der Waals surface area contributed by atoms with Gasteiger partial charge in [-0.1, -0.05) is 36.4 Å². The fraction of sp³-hybridized carbons (Fsp3) is 0.125. The molecule has 6 nitrogen and oxygen atoms in total. The minimum atomic E-state index is -0.274. The van der Waals surface area contributed by atoms with Crippen LogP contribution in [0, 0.1) is 0 Å². The number of rotatable bonds is 4. The van der Waals surface area contributed by atoms with Crippen LogP contribution in [-0.2, 0) is 4.79 Å². The fourth-order valence-electron chi connectivity index (χ4n) is 3.85. The summed E-state index contributed by atoms with van der Waals surface area (Å²) in [7, 11) is 0. The maximum atomic E-state index is 12.5. The SMILES string of the molecule is CC(=O)N1N=C(c2cccc(O)c2)C[C@H]1c1cn(-c2ccccc2)nc1-c1cccs1. The highest BCUT2D eigenvalue weighted by atomic mass is 32.1. The van der Waals surface area contributed by atoms with E-state index in [1.54, 1.807) is 29.5 Å². The van der Waals surface area contributed by atoms with E-state index in [2.05, 4.69) is 5.10 Å². The molecule has 1 aliphatic rings. The summed E-state index contributed by atoms with van der Waals surface area (Å²) in [6, 6.07) is 20.7. The second-order valence-corrected chi connectivity index (χ2v) is 8.32.